The van der Waals surface area contributed by atoms with Crippen LogP contribution in [0.3, 0.4) is 0 Å². The van der Waals surface area contributed by atoms with Crippen LogP contribution in [0.4, 0.5) is 0 Å². The Hall–Kier alpha value is -0.420. The maximum atomic E-state index is 6.07. The zero-order valence-electron chi connectivity index (χ0n) is 10.9. The van der Waals surface area contributed by atoms with Crippen LogP contribution in [-0.4, -0.2) is 56.7 Å². The molecule has 0 unspecified atom stereocenters. The van der Waals surface area contributed by atoms with Gasteiger partial charge < -0.3 is 14.2 Å². The summed E-state index contributed by atoms with van der Waals surface area (Å²) in [4.78, 5) is 2.42. The minimum Gasteiger partial charge on any atom is -0.379 e. The van der Waals surface area contributed by atoms with Gasteiger partial charge in [0.2, 0.25) is 0 Å². The Morgan fingerprint density at radius 1 is 1.17 bits per heavy atom. The highest BCUT2D eigenvalue weighted by Gasteiger charge is 2.33. The first kappa shape index (κ1) is 12.6. The van der Waals surface area contributed by atoms with Crippen molar-refractivity contribution in [3.63, 3.8) is 0 Å². The minimum atomic E-state index is 0.0287. The zero-order valence-corrected chi connectivity index (χ0v) is 10.9. The summed E-state index contributed by atoms with van der Waals surface area (Å²) in [5, 5.41) is 0. The summed E-state index contributed by atoms with van der Waals surface area (Å²) in [6, 6.07) is 0. The first-order chi connectivity index (χ1) is 8.92. The molecular weight excluding hydrogens is 230 g/mol. The van der Waals surface area contributed by atoms with E-state index in [1.165, 1.54) is 12.8 Å². The summed E-state index contributed by atoms with van der Waals surface area (Å²) in [5.41, 5.74) is 0. The molecule has 0 aromatic carbocycles. The maximum absolute atomic E-state index is 6.07. The highest BCUT2D eigenvalue weighted by molar-refractivity contribution is 4.92. The number of rotatable bonds is 3. The Bertz CT molecular complexity index is 289. The molecule has 0 saturated carbocycles. The fourth-order valence-electron chi connectivity index (χ4n) is 2.95. The van der Waals surface area contributed by atoms with Crippen LogP contribution in [0.5, 0.6) is 0 Å². The third-order valence-electron chi connectivity index (χ3n) is 4.03. The van der Waals surface area contributed by atoms with Gasteiger partial charge in [0.15, 0.2) is 6.29 Å². The minimum absolute atomic E-state index is 0.0287. The lowest BCUT2D eigenvalue weighted by atomic mass is 9.94. The highest BCUT2D eigenvalue weighted by atomic mass is 16.7. The van der Waals surface area contributed by atoms with Crippen LogP contribution in [0.25, 0.3) is 0 Å². The lowest BCUT2D eigenvalue weighted by Crippen LogP contribution is -2.41. The van der Waals surface area contributed by atoms with Gasteiger partial charge in [0.1, 0.15) is 0 Å². The lowest BCUT2D eigenvalue weighted by Gasteiger charge is -2.29. The number of hydrogen-bond acceptors (Lipinski definition) is 4. The van der Waals surface area contributed by atoms with Gasteiger partial charge in [-0.1, -0.05) is 12.2 Å². The van der Waals surface area contributed by atoms with E-state index in [1.807, 2.05) is 0 Å². The van der Waals surface area contributed by atoms with Crippen LogP contribution in [0.1, 0.15) is 19.3 Å². The van der Waals surface area contributed by atoms with Crippen LogP contribution >= 0.6 is 0 Å². The molecule has 3 rings (SSSR count). The van der Waals surface area contributed by atoms with E-state index in [4.69, 9.17) is 14.2 Å². The highest BCUT2D eigenvalue weighted by Crippen LogP contribution is 2.28. The Kier molecular flexibility index (Phi) is 4.31. The molecule has 2 aliphatic heterocycles. The number of nitrogens with zero attached hydrogens (tertiary/aromatic N) is 1. The van der Waals surface area contributed by atoms with Crippen LogP contribution in [0, 0.1) is 5.92 Å². The van der Waals surface area contributed by atoms with Crippen molar-refractivity contribution >= 4 is 0 Å². The molecule has 4 nitrogen and oxygen atoms in total. The second kappa shape index (κ2) is 6.15. The van der Waals surface area contributed by atoms with Gasteiger partial charge in [-0.25, -0.2) is 0 Å². The van der Waals surface area contributed by atoms with Crippen molar-refractivity contribution in [3.05, 3.63) is 12.2 Å². The predicted octanol–water partition coefficient (Wildman–Crippen LogP) is 1.42. The van der Waals surface area contributed by atoms with Crippen molar-refractivity contribution < 1.29 is 14.2 Å². The van der Waals surface area contributed by atoms with E-state index >= 15 is 0 Å². The standard InChI is InChI=1S/C14H23NO3/c1-2-4-12(5-3-1)14-17-11-13(18-14)10-15-6-8-16-9-7-15/h1-2,12-14H,3-11H2/t12-,13-,14-/m0/s1. The molecule has 102 valence electrons. The van der Waals surface area contributed by atoms with Crippen molar-refractivity contribution in [1.29, 1.82) is 0 Å². The number of hydrogen-bond donors (Lipinski definition) is 0. The van der Waals surface area contributed by atoms with Crippen molar-refractivity contribution in [2.75, 3.05) is 39.5 Å². The maximum Gasteiger partial charge on any atom is 0.161 e. The summed E-state index contributed by atoms with van der Waals surface area (Å²) >= 11 is 0. The van der Waals surface area contributed by atoms with Crippen LogP contribution in [-0.2, 0) is 14.2 Å². The Labute approximate surface area is 109 Å². The summed E-state index contributed by atoms with van der Waals surface area (Å²) < 4.78 is 17.3. The Morgan fingerprint density at radius 3 is 2.83 bits per heavy atom. The van der Waals surface area contributed by atoms with Gasteiger partial charge in [-0.3, -0.25) is 4.90 Å². The average molecular weight is 253 g/mol. The van der Waals surface area contributed by atoms with E-state index in [0.29, 0.717) is 5.92 Å². The summed E-state index contributed by atoms with van der Waals surface area (Å²) in [7, 11) is 0. The molecule has 0 radical (unpaired) electrons. The number of morpholine rings is 1. The van der Waals surface area contributed by atoms with Crippen molar-refractivity contribution in [2.45, 2.75) is 31.7 Å². The smallest absolute Gasteiger partial charge is 0.161 e. The molecule has 2 saturated heterocycles. The van der Waals surface area contributed by atoms with E-state index in [0.717, 1.165) is 45.9 Å². The zero-order chi connectivity index (χ0) is 12.2. The van der Waals surface area contributed by atoms with Crippen molar-refractivity contribution in [2.24, 2.45) is 5.92 Å². The molecule has 2 heterocycles. The predicted molar refractivity (Wildman–Crippen MR) is 68.4 cm³/mol. The molecule has 0 aromatic rings. The van der Waals surface area contributed by atoms with Crippen molar-refractivity contribution in [1.82, 2.24) is 4.90 Å². The van der Waals surface area contributed by atoms with Gasteiger partial charge in [0, 0.05) is 25.6 Å². The number of ether oxygens (including phenoxy) is 3. The summed E-state index contributed by atoms with van der Waals surface area (Å²) in [6.07, 6.45) is 8.27. The molecule has 0 aromatic heterocycles. The monoisotopic (exact) mass is 253 g/mol. The normalized spacial score (nSPS) is 38.1. The molecule has 2 fully saturated rings. The van der Waals surface area contributed by atoms with E-state index in [9.17, 15) is 0 Å². The van der Waals surface area contributed by atoms with Crippen LogP contribution in [0.2, 0.25) is 0 Å². The van der Waals surface area contributed by atoms with E-state index in [-0.39, 0.29) is 12.4 Å². The van der Waals surface area contributed by atoms with Crippen LogP contribution < -0.4 is 0 Å². The Morgan fingerprint density at radius 2 is 2.06 bits per heavy atom. The van der Waals surface area contributed by atoms with Crippen LogP contribution in [0.15, 0.2) is 12.2 Å². The van der Waals surface area contributed by atoms with Crippen molar-refractivity contribution in [3.8, 4) is 0 Å². The first-order valence-corrected chi connectivity index (χ1v) is 7.14. The summed E-state index contributed by atoms with van der Waals surface area (Å²) in [6.45, 7) is 5.49. The molecule has 4 heteroatoms. The molecule has 3 atom stereocenters. The molecule has 0 bridgehead atoms. The molecule has 18 heavy (non-hydrogen) atoms. The average Bonchev–Trinajstić information content (AvgIpc) is 2.89. The van der Waals surface area contributed by atoms with E-state index in [1.54, 1.807) is 0 Å². The molecule has 3 aliphatic rings. The Balaban J connectivity index is 1.44. The van der Waals surface area contributed by atoms with Gasteiger partial charge in [-0.2, -0.15) is 0 Å². The van der Waals surface area contributed by atoms with Gasteiger partial charge in [0.25, 0.3) is 0 Å². The second-order valence-electron chi connectivity index (χ2n) is 5.42. The van der Waals surface area contributed by atoms with Gasteiger partial charge >= 0.3 is 0 Å². The SMILES string of the molecule is C1=CC[C@H]([C@H]2OC[C@H](CN3CCOCC3)O2)CC1. The van der Waals surface area contributed by atoms with Gasteiger partial charge in [-0.05, 0) is 19.3 Å². The molecule has 0 N–H and O–H groups in total. The lowest BCUT2D eigenvalue weighted by molar-refractivity contribution is -0.103. The molecular formula is C14H23NO3. The summed E-state index contributed by atoms with van der Waals surface area (Å²) in [5.74, 6) is 0.560. The first-order valence-electron chi connectivity index (χ1n) is 7.14. The van der Waals surface area contributed by atoms with E-state index < -0.39 is 0 Å². The topological polar surface area (TPSA) is 30.9 Å². The largest absolute Gasteiger partial charge is 0.379 e. The van der Waals surface area contributed by atoms with Gasteiger partial charge in [0.05, 0.1) is 25.9 Å². The molecule has 1 aliphatic carbocycles. The van der Waals surface area contributed by atoms with Gasteiger partial charge in [-0.15, -0.1) is 0 Å². The molecule has 0 amide bonds. The third-order valence-corrected chi connectivity index (χ3v) is 4.03. The number of allylic oxidation sites excluding steroid dienone is 2. The quantitative estimate of drug-likeness (QED) is 0.712. The fourth-order valence-corrected chi connectivity index (χ4v) is 2.95. The fraction of sp³-hybridized carbons (Fsp3) is 0.857. The van der Waals surface area contributed by atoms with E-state index in [2.05, 4.69) is 17.1 Å². The second-order valence-corrected chi connectivity index (χ2v) is 5.42. The third kappa shape index (κ3) is 3.12. The molecule has 0 spiro atoms.